The SMILES string of the molecule is c1ccc(-c2nc3cc4c(cc3nc2-n2c3ccccc3c3c5ccccc5c5c6cc7ccccc7cc6sc5c32)oc2c3ccccc3ccc42)cc1. The van der Waals surface area contributed by atoms with E-state index in [1.807, 2.05) is 11.3 Å². The van der Waals surface area contributed by atoms with Gasteiger partial charge in [0, 0.05) is 54.0 Å². The minimum absolute atomic E-state index is 0.788. The molecule has 0 spiro atoms. The van der Waals surface area contributed by atoms with Gasteiger partial charge in [0.15, 0.2) is 5.82 Å². The van der Waals surface area contributed by atoms with Crippen molar-refractivity contribution in [3.05, 3.63) is 164 Å². The lowest BCUT2D eigenvalue weighted by molar-refractivity contribution is 0.673. The summed E-state index contributed by atoms with van der Waals surface area (Å²) in [4.78, 5) is 11.1. The van der Waals surface area contributed by atoms with Crippen molar-refractivity contribution in [1.82, 2.24) is 14.5 Å². The summed E-state index contributed by atoms with van der Waals surface area (Å²) in [5.41, 5.74) is 7.41. The zero-order chi connectivity index (χ0) is 35.8. The van der Waals surface area contributed by atoms with Crippen LogP contribution in [0.5, 0.6) is 0 Å². The van der Waals surface area contributed by atoms with Crippen molar-refractivity contribution in [3.63, 3.8) is 0 Å². The topological polar surface area (TPSA) is 43.9 Å². The van der Waals surface area contributed by atoms with E-state index in [2.05, 4.69) is 168 Å². The molecule has 13 aromatic rings. The zero-order valence-corrected chi connectivity index (χ0v) is 30.1. The van der Waals surface area contributed by atoms with Gasteiger partial charge in [0.25, 0.3) is 0 Å². The molecule has 4 aromatic heterocycles. The molecule has 0 saturated heterocycles. The van der Waals surface area contributed by atoms with Crippen molar-refractivity contribution < 1.29 is 4.42 Å². The maximum absolute atomic E-state index is 6.66. The van der Waals surface area contributed by atoms with Crippen LogP contribution in [0.15, 0.2) is 168 Å². The van der Waals surface area contributed by atoms with Gasteiger partial charge >= 0.3 is 0 Å². The summed E-state index contributed by atoms with van der Waals surface area (Å²) in [6.07, 6.45) is 0. The highest BCUT2D eigenvalue weighted by Gasteiger charge is 2.25. The Bertz CT molecular complexity index is 3780. The predicted molar refractivity (Wildman–Crippen MR) is 232 cm³/mol. The normalized spacial score (nSPS) is 12.4. The molecular weight excluding hydrogens is 691 g/mol. The Morgan fingerprint density at radius 3 is 1.98 bits per heavy atom. The van der Waals surface area contributed by atoms with Crippen LogP contribution in [0, 0.1) is 0 Å². The summed E-state index contributed by atoms with van der Waals surface area (Å²) >= 11 is 1.87. The third-order valence-electron chi connectivity index (χ3n) is 11.5. The molecule has 254 valence electrons. The van der Waals surface area contributed by atoms with Gasteiger partial charge in [0.05, 0.1) is 26.8 Å². The summed E-state index contributed by atoms with van der Waals surface area (Å²) in [5.74, 6) is 0.796. The number of hydrogen-bond acceptors (Lipinski definition) is 4. The van der Waals surface area contributed by atoms with Gasteiger partial charge in [-0.2, -0.15) is 0 Å². The van der Waals surface area contributed by atoms with Crippen LogP contribution in [-0.4, -0.2) is 14.5 Å². The van der Waals surface area contributed by atoms with E-state index in [0.717, 1.165) is 71.9 Å². The van der Waals surface area contributed by atoms with Crippen molar-refractivity contribution in [3.8, 4) is 17.1 Å². The fraction of sp³-hybridized carbons (Fsp3) is 0. The molecule has 0 N–H and O–H groups in total. The molecule has 0 radical (unpaired) electrons. The Balaban J connectivity index is 1.22. The number of nitrogens with zero attached hydrogens (tertiary/aromatic N) is 3. The standard InChI is InChI=1S/C50H27N3OS/c1-2-13-29(14-3-1)46-50(52-40-27-42-37(26-39(40)51-46)35-23-22-28-12-6-7-17-32(28)48(35)54-42)53-41-21-11-10-20-36(41)44-33-18-8-9-19-34(33)45-38-24-30-15-4-5-16-31(30)25-43(38)55-49(45)47(44)53/h1-27H. The minimum atomic E-state index is 0.788. The molecule has 4 nitrogen and oxygen atoms in total. The first kappa shape index (κ1) is 29.4. The summed E-state index contributed by atoms with van der Waals surface area (Å²) in [6, 6.07) is 58.5. The number of aromatic nitrogens is 3. The molecule has 0 saturated carbocycles. The van der Waals surface area contributed by atoms with E-state index in [1.54, 1.807) is 0 Å². The van der Waals surface area contributed by atoms with Gasteiger partial charge in [-0.25, -0.2) is 9.97 Å². The van der Waals surface area contributed by atoms with Crippen LogP contribution >= 0.6 is 11.3 Å². The quantitative estimate of drug-likeness (QED) is 0.179. The van der Waals surface area contributed by atoms with Gasteiger partial charge in [-0.15, -0.1) is 11.3 Å². The van der Waals surface area contributed by atoms with Crippen molar-refractivity contribution in [2.45, 2.75) is 0 Å². The average Bonchev–Trinajstić information content (AvgIpc) is 3.91. The number of para-hydroxylation sites is 1. The Kier molecular flexibility index (Phi) is 5.74. The molecule has 55 heavy (non-hydrogen) atoms. The molecular formula is C50H27N3OS. The van der Waals surface area contributed by atoms with E-state index < -0.39 is 0 Å². The molecule has 4 heterocycles. The summed E-state index contributed by atoms with van der Waals surface area (Å²) in [5, 5.41) is 14.4. The number of benzene rings is 9. The first-order valence-electron chi connectivity index (χ1n) is 18.6. The monoisotopic (exact) mass is 717 g/mol. The van der Waals surface area contributed by atoms with E-state index in [4.69, 9.17) is 14.4 Å². The fourth-order valence-electron chi connectivity index (χ4n) is 9.07. The molecule has 0 amide bonds. The first-order chi connectivity index (χ1) is 27.3. The minimum Gasteiger partial charge on any atom is -0.455 e. The zero-order valence-electron chi connectivity index (χ0n) is 29.2. The van der Waals surface area contributed by atoms with Crippen LogP contribution < -0.4 is 0 Å². The Hall–Kier alpha value is -7.08. The third-order valence-corrected chi connectivity index (χ3v) is 12.7. The summed E-state index contributed by atoms with van der Waals surface area (Å²) in [6.45, 7) is 0. The second kappa shape index (κ2) is 10.8. The van der Waals surface area contributed by atoms with E-state index in [-0.39, 0.29) is 0 Å². The molecule has 9 aromatic carbocycles. The molecule has 0 unspecified atom stereocenters. The second-order valence-corrected chi connectivity index (χ2v) is 15.5. The molecule has 0 fully saturated rings. The highest BCUT2D eigenvalue weighted by molar-refractivity contribution is 7.27. The van der Waals surface area contributed by atoms with E-state index in [9.17, 15) is 0 Å². The molecule has 13 rings (SSSR count). The van der Waals surface area contributed by atoms with Crippen LogP contribution in [0.3, 0.4) is 0 Å². The predicted octanol–water partition coefficient (Wildman–Crippen LogP) is 14.1. The largest absolute Gasteiger partial charge is 0.455 e. The van der Waals surface area contributed by atoms with Crippen LogP contribution in [0.1, 0.15) is 0 Å². The average molecular weight is 718 g/mol. The Morgan fingerprint density at radius 2 is 1.15 bits per heavy atom. The molecule has 0 bridgehead atoms. The van der Waals surface area contributed by atoms with Gasteiger partial charge in [-0.3, -0.25) is 4.57 Å². The maximum Gasteiger partial charge on any atom is 0.165 e. The lowest BCUT2D eigenvalue weighted by Gasteiger charge is -2.14. The van der Waals surface area contributed by atoms with Gasteiger partial charge in [0.1, 0.15) is 16.9 Å². The van der Waals surface area contributed by atoms with Crippen LogP contribution in [0.25, 0.3) is 124 Å². The maximum atomic E-state index is 6.66. The number of rotatable bonds is 2. The Morgan fingerprint density at radius 1 is 0.473 bits per heavy atom. The van der Waals surface area contributed by atoms with E-state index in [1.165, 1.54) is 52.5 Å². The van der Waals surface area contributed by atoms with Gasteiger partial charge in [-0.05, 0) is 57.3 Å². The van der Waals surface area contributed by atoms with Gasteiger partial charge in [0.2, 0.25) is 0 Å². The van der Waals surface area contributed by atoms with Gasteiger partial charge in [-0.1, -0.05) is 127 Å². The van der Waals surface area contributed by atoms with E-state index >= 15 is 0 Å². The highest BCUT2D eigenvalue weighted by Crippen LogP contribution is 2.49. The van der Waals surface area contributed by atoms with Crippen molar-refractivity contribution in [2.24, 2.45) is 0 Å². The number of thiophene rings is 1. The van der Waals surface area contributed by atoms with Crippen LogP contribution in [-0.2, 0) is 0 Å². The molecule has 0 aliphatic carbocycles. The lowest BCUT2D eigenvalue weighted by Crippen LogP contribution is -2.04. The molecule has 5 heteroatoms. The van der Waals surface area contributed by atoms with Crippen molar-refractivity contribution in [2.75, 3.05) is 0 Å². The van der Waals surface area contributed by atoms with Crippen molar-refractivity contribution >= 4 is 119 Å². The number of hydrogen-bond donors (Lipinski definition) is 0. The van der Waals surface area contributed by atoms with Crippen LogP contribution in [0.2, 0.25) is 0 Å². The highest BCUT2D eigenvalue weighted by atomic mass is 32.1. The third kappa shape index (κ3) is 4.00. The van der Waals surface area contributed by atoms with E-state index in [0.29, 0.717) is 0 Å². The summed E-state index contributed by atoms with van der Waals surface area (Å²) < 4.78 is 11.6. The fourth-order valence-corrected chi connectivity index (χ4v) is 10.4. The second-order valence-electron chi connectivity index (χ2n) is 14.5. The van der Waals surface area contributed by atoms with Gasteiger partial charge < -0.3 is 4.42 Å². The number of furan rings is 1. The molecule has 0 aliphatic rings. The van der Waals surface area contributed by atoms with Crippen molar-refractivity contribution in [1.29, 1.82) is 0 Å². The lowest BCUT2D eigenvalue weighted by atomic mass is 9.98. The number of fused-ring (bicyclic) bond motifs is 17. The smallest absolute Gasteiger partial charge is 0.165 e. The Labute approximate surface area is 317 Å². The van der Waals surface area contributed by atoms with Crippen LogP contribution in [0.4, 0.5) is 0 Å². The summed E-state index contributed by atoms with van der Waals surface area (Å²) in [7, 11) is 0. The molecule has 0 atom stereocenters. The molecule has 0 aliphatic heterocycles. The first-order valence-corrected chi connectivity index (χ1v) is 19.4.